The number of rotatable bonds is 4. The van der Waals surface area contributed by atoms with Crippen LogP contribution in [0.4, 0.5) is 21.9 Å². The van der Waals surface area contributed by atoms with E-state index in [-0.39, 0.29) is 18.4 Å². The number of fused-ring (bicyclic) bond motifs is 1. The number of nitrogens with one attached hydrogen (secondary N) is 2. The molecule has 0 unspecified atom stereocenters. The molecule has 30 heavy (non-hydrogen) atoms. The first-order valence-corrected chi connectivity index (χ1v) is 11.2. The van der Waals surface area contributed by atoms with E-state index in [1.54, 1.807) is 22.9 Å². The molecule has 1 aliphatic rings. The van der Waals surface area contributed by atoms with Crippen LogP contribution in [0.5, 0.6) is 0 Å². The van der Waals surface area contributed by atoms with Crippen molar-refractivity contribution in [2.75, 3.05) is 27.8 Å². The van der Waals surface area contributed by atoms with Gasteiger partial charge in [-0.3, -0.25) is 9.69 Å². The molecule has 2 N–H and O–H groups in total. The Morgan fingerprint density at radius 1 is 1.03 bits per heavy atom. The van der Waals surface area contributed by atoms with Gasteiger partial charge in [0.15, 0.2) is 0 Å². The first kappa shape index (κ1) is 20.4. The van der Waals surface area contributed by atoms with Gasteiger partial charge in [0.05, 0.1) is 12.1 Å². The van der Waals surface area contributed by atoms with Crippen molar-refractivity contribution in [3.8, 4) is 0 Å². The lowest BCUT2D eigenvalue weighted by Gasteiger charge is -2.28. The predicted octanol–water partition coefficient (Wildman–Crippen LogP) is 5.17. The summed E-state index contributed by atoms with van der Waals surface area (Å²) < 4.78 is 0.908. The predicted molar refractivity (Wildman–Crippen MR) is 124 cm³/mol. The fourth-order valence-electron chi connectivity index (χ4n) is 3.12. The van der Waals surface area contributed by atoms with Gasteiger partial charge in [0.1, 0.15) is 5.03 Å². The van der Waals surface area contributed by atoms with Gasteiger partial charge in [-0.2, -0.15) is 0 Å². The first-order valence-electron chi connectivity index (χ1n) is 9.39. The molecule has 0 saturated heterocycles. The zero-order valence-corrected chi connectivity index (χ0v) is 18.4. The molecule has 3 aromatic rings. The molecule has 8 heteroatoms. The van der Waals surface area contributed by atoms with Gasteiger partial charge >= 0.3 is 6.03 Å². The molecule has 0 aliphatic carbocycles. The van der Waals surface area contributed by atoms with Gasteiger partial charge in [-0.25, -0.2) is 9.78 Å². The third kappa shape index (κ3) is 5.01. The Balaban J connectivity index is 1.36. The highest BCUT2D eigenvalue weighted by molar-refractivity contribution is 9.10. The fourth-order valence-corrected chi connectivity index (χ4v) is 4.45. The van der Waals surface area contributed by atoms with Crippen molar-refractivity contribution in [2.45, 2.75) is 11.4 Å². The lowest BCUT2D eigenvalue weighted by molar-refractivity contribution is -0.115. The molecule has 0 atom stereocenters. The van der Waals surface area contributed by atoms with E-state index in [0.717, 1.165) is 32.2 Å². The number of hydrogen-bond donors (Lipinski definition) is 2. The highest BCUT2D eigenvalue weighted by Gasteiger charge is 2.23. The SMILES string of the molecule is O=C(Cc1ccc(NC(=O)N2CCSc3ncccc32)cc1)Nc1cccc(Br)c1. The van der Waals surface area contributed by atoms with Crippen LogP contribution in [0.1, 0.15) is 5.56 Å². The molecule has 0 spiro atoms. The van der Waals surface area contributed by atoms with Crippen LogP contribution in [-0.2, 0) is 11.2 Å². The van der Waals surface area contributed by atoms with Crippen molar-refractivity contribution in [3.63, 3.8) is 0 Å². The topological polar surface area (TPSA) is 74.3 Å². The Morgan fingerprint density at radius 3 is 2.67 bits per heavy atom. The van der Waals surface area contributed by atoms with Gasteiger partial charge in [0.2, 0.25) is 5.91 Å². The molecule has 0 saturated carbocycles. The molecular weight excluding hydrogens is 464 g/mol. The molecule has 0 radical (unpaired) electrons. The number of carbonyl (C=O) groups excluding carboxylic acids is 2. The third-order valence-corrected chi connectivity index (χ3v) is 5.99. The van der Waals surface area contributed by atoms with E-state index in [9.17, 15) is 9.59 Å². The van der Waals surface area contributed by atoms with Crippen molar-refractivity contribution < 1.29 is 9.59 Å². The van der Waals surface area contributed by atoms with Gasteiger partial charge in [0.25, 0.3) is 0 Å². The summed E-state index contributed by atoms with van der Waals surface area (Å²) in [5.74, 6) is 0.712. The van der Waals surface area contributed by atoms with Gasteiger partial charge < -0.3 is 10.6 Å². The minimum absolute atomic E-state index is 0.0974. The average Bonchev–Trinajstić information content (AvgIpc) is 2.74. The number of aromatic nitrogens is 1. The summed E-state index contributed by atoms with van der Waals surface area (Å²) in [7, 11) is 0. The smallest absolute Gasteiger partial charge is 0.326 e. The largest absolute Gasteiger partial charge is 0.326 e. The van der Waals surface area contributed by atoms with Gasteiger partial charge in [-0.1, -0.05) is 34.1 Å². The Labute approximate surface area is 187 Å². The standard InChI is InChI=1S/C22H19BrN4O2S/c23-16-3-1-4-18(14-16)25-20(28)13-15-6-8-17(9-7-15)26-22(29)27-11-12-30-21-19(27)5-2-10-24-21/h1-10,14H,11-13H2,(H,25,28)(H,26,29). The molecule has 4 rings (SSSR count). The number of thioether (sulfide) groups is 1. The lowest BCUT2D eigenvalue weighted by Crippen LogP contribution is -2.38. The number of pyridine rings is 1. The van der Waals surface area contributed by atoms with Crippen molar-refractivity contribution in [2.24, 2.45) is 0 Å². The molecule has 0 bridgehead atoms. The molecule has 2 heterocycles. The van der Waals surface area contributed by atoms with E-state index in [2.05, 4.69) is 31.5 Å². The molecule has 6 nitrogen and oxygen atoms in total. The second kappa shape index (κ2) is 9.32. The summed E-state index contributed by atoms with van der Waals surface area (Å²) in [6.45, 7) is 0.628. The Hall–Kier alpha value is -2.84. The number of urea groups is 1. The van der Waals surface area contributed by atoms with Crippen LogP contribution in [0, 0.1) is 0 Å². The number of hydrogen-bond acceptors (Lipinski definition) is 4. The van der Waals surface area contributed by atoms with E-state index < -0.39 is 0 Å². The van der Waals surface area contributed by atoms with E-state index in [0.29, 0.717) is 12.2 Å². The van der Waals surface area contributed by atoms with Crippen LogP contribution < -0.4 is 15.5 Å². The van der Waals surface area contributed by atoms with E-state index in [4.69, 9.17) is 0 Å². The summed E-state index contributed by atoms with van der Waals surface area (Å²) in [6.07, 6.45) is 1.99. The van der Waals surface area contributed by atoms with Crippen LogP contribution in [0.25, 0.3) is 0 Å². The van der Waals surface area contributed by atoms with Crippen LogP contribution in [0.15, 0.2) is 76.4 Å². The molecule has 0 fully saturated rings. The quantitative estimate of drug-likeness (QED) is 0.537. The van der Waals surface area contributed by atoms with Crippen LogP contribution >= 0.6 is 27.7 Å². The number of amides is 3. The number of halogens is 1. The summed E-state index contributed by atoms with van der Waals surface area (Å²) in [4.78, 5) is 31.0. The number of benzene rings is 2. The van der Waals surface area contributed by atoms with Crippen LogP contribution in [0.3, 0.4) is 0 Å². The minimum Gasteiger partial charge on any atom is -0.326 e. The number of carbonyl (C=O) groups is 2. The molecule has 3 amide bonds. The summed E-state index contributed by atoms with van der Waals surface area (Å²) in [5.41, 5.74) is 3.11. The van der Waals surface area contributed by atoms with Crippen molar-refractivity contribution in [3.05, 3.63) is 76.9 Å². The first-order chi connectivity index (χ1) is 14.6. The summed E-state index contributed by atoms with van der Waals surface area (Å²) in [5, 5.41) is 6.67. The van der Waals surface area contributed by atoms with E-state index in [1.807, 2.05) is 60.7 Å². The van der Waals surface area contributed by atoms with Crippen LogP contribution in [-0.4, -0.2) is 29.2 Å². The highest BCUT2D eigenvalue weighted by atomic mass is 79.9. The highest BCUT2D eigenvalue weighted by Crippen LogP contribution is 2.32. The number of nitrogens with zero attached hydrogens (tertiary/aromatic N) is 2. The van der Waals surface area contributed by atoms with E-state index >= 15 is 0 Å². The van der Waals surface area contributed by atoms with Gasteiger partial charge in [0, 0.05) is 34.3 Å². The van der Waals surface area contributed by atoms with Crippen molar-refractivity contribution in [1.82, 2.24) is 4.98 Å². The third-order valence-electron chi connectivity index (χ3n) is 4.52. The molecule has 2 aromatic carbocycles. The molecule has 1 aliphatic heterocycles. The summed E-state index contributed by atoms with van der Waals surface area (Å²) in [6, 6.07) is 18.3. The minimum atomic E-state index is -0.190. The van der Waals surface area contributed by atoms with Gasteiger partial charge in [-0.05, 0) is 48.0 Å². The van der Waals surface area contributed by atoms with Crippen molar-refractivity contribution in [1.29, 1.82) is 0 Å². The normalized spacial score (nSPS) is 12.8. The number of anilines is 3. The molecule has 152 valence electrons. The summed E-state index contributed by atoms with van der Waals surface area (Å²) >= 11 is 5.04. The lowest BCUT2D eigenvalue weighted by atomic mass is 10.1. The Morgan fingerprint density at radius 2 is 1.87 bits per heavy atom. The maximum atomic E-state index is 12.7. The average molecular weight is 483 g/mol. The fraction of sp³-hybridized carbons (Fsp3) is 0.136. The monoisotopic (exact) mass is 482 g/mol. The maximum Gasteiger partial charge on any atom is 0.326 e. The molecule has 1 aromatic heterocycles. The zero-order chi connectivity index (χ0) is 20.9. The molecular formula is C22H19BrN4O2S. The Bertz CT molecular complexity index is 1070. The second-order valence-electron chi connectivity index (χ2n) is 6.69. The van der Waals surface area contributed by atoms with Crippen molar-refractivity contribution >= 4 is 56.7 Å². The van der Waals surface area contributed by atoms with Gasteiger partial charge in [-0.15, -0.1) is 11.8 Å². The van der Waals surface area contributed by atoms with Crippen LogP contribution in [0.2, 0.25) is 0 Å². The Kier molecular flexibility index (Phi) is 6.35. The zero-order valence-electron chi connectivity index (χ0n) is 16.0. The van der Waals surface area contributed by atoms with E-state index in [1.165, 1.54) is 0 Å². The maximum absolute atomic E-state index is 12.7. The second-order valence-corrected chi connectivity index (χ2v) is 8.69.